The van der Waals surface area contributed by atoms with Crippen LogP contribution in [0, 0.1) is 0 Å². The highest BCUT2D eigenvalue weighted by molar-refractivity contribution is 5.85. The van der Waals surface area contributed by atoms with Gasteiger partial charge in [-0.1, -0.05) is 12.1 Å². The van der Waals surface area contributed by atoms with Crippen molar-refractivity contribution in [2.24, 2.45) is 5.90 Å². The SMILES string of the molecule is Cl.NOCc1cccc(C(F)(F)F)c1. The summed E-state index contributed by atoms with van der Waals surface area (Å²) in [7, 11) is 0. The Morgan fingerprint density at radius 2 is 1.93 bits per heavy atom. The predicted octanol–water partition coefficient (Wildman–Crippen LogP) is 2.52. The monoisotopic (exact) mass is 227 g/mol. The van der Waals surface area contributed by atoms with Crippen molar-refractivity contribution < 1.29 is 18.0 Å². The molecule has 2 N–H and O–H groups in total. The van der Waals surface area contributed by atoms with Gasteiger partial charge < -0.3 is 0 Å². The van der Waals surface area contributed by atoms with Gasteiger partial charge in [-0.15, -0.1) is 12.4 Å². The van der Waals surface area contributed by atoms with Crippen LogP contribution in [-0.4, -0.2) is 0 Å². The van der Waals surface area contributed by atoms with E-state index in [2.05, 4.69) is 4.84 Å². The summed E-state index contributed by atoms with van der Waals surface area (Å²) in [5, 5.41) is 0. The van der Waals surface area contributed by atoms with Crippen LogP contribution in [0.4, 0.5) is 13.2 Å². The fourth-order valence-corrected chi connectivity index (χ4v) is 0.934. The van der Waals surface area contributed by atoms with Crippen LogP contribution in [0.15, 0.2) is 24.3 Å². The lowest BCUT2D eigenvalue weighted by Gasteiger charge is -2.07. The van der Waals surface area contributed by atoms with Gasteiger partial charge in [0.25, 0.3) is 0 Å². The van der Waals surface area contributed by atoms with Gasteiger partial charge in [0, 0.05) is 0 Å². The number of benzene rings is 1. The molecule has 0 bridgehead atoms. The summed E-state index contributed by atoms with van der Waals surface area (Å²) in [6, 6.07) is 4.84. The van der Waals surface area contributed by atoms with Crippen molar-refractivity contribution >= 4 is 12.4 Å². The van der Waals surface area contributed by atoms with Gasteiger partial charge in [-0.3, -0.25) is 4.84 Å². The fraction of sp³-hybridized carbons (Fsp3) is 0.250. The molecule has 0 saturated heterocycles. The number of rotatable bonds is 2. The minimum absolute atomic E-state index is 0. The Hall–Kier alpha value is -0.780. The minimum Gasteiger partial charge on any atom is -0.300 e. The Morgan fingerprint density at radius 3 is 2.43 bits per heavy atom. The van der Waals surface area contributed by atoms with Crippen LogP contribution in [0.5, 0.6) is 0 Å². The third kappa shape index (κ3) is 3.53. The van der Waals surface area contributed by atoms with E-state index in [1.165, 1.54) is 12.1 Å². The highest BCUT2D eigenvalue weighted by atomic mass is 35.5. The summed E-state index contributed by atoms with van der Waals surface area (Å²) in [5.41, 5.74) is -0.292. The van der Waals surface area contributed by atoms with Crippen LogP contribution >= 0.6 is 12.4 Å². The molecule has 0 heterocycles. The van der Waals surface area contributed by atoms with Crippen molar-refractivity contribution in [3.05, 3.63) is 35.4 Å². The van der Waals surface area contributed by atoms with Crippen molar-refractivity contribution in [1.29, 1.82) is 0 Å². The number of halogens is 4. The molecule has 80 valence electrons. The quantitative estimate of drug-likeness (QED) is 0.788. The summed E-state index contributed by atoms with van der Waals surface area (Å²) in [6.45, 7) is -0.0239. The molecule has 0 aliphatic rings. The molecule has 0 atom stereocenters. The third-order valence-corrected chi connectivity index (χ3v) is 1.50. The van der Waals surface area contributed by atoms with E-state index in [-0.39, 0.29) is 19.0 Å². The van der Waals surface area contributed by atoms with Gasteiger partial charge in [-0.25, -0.2) is 5.90 Å². The van der Waals surface area contributed by atoms with Gasteiger partial charge >= 0.3 is 6.18 Å². The second-order valence-electron chi connectivity index (χ2n) is 2.51. The number of alkyl halides is 3. The van der Waals surface area contributed by atoms with Gasteiger partial charge in [0.1, 0.15) is 0 Å². The van der Waals surface area contributed by atoms with Crippen LogP contribution < -0.4 is 5.90 Å². The number of hydrogen-bond donors (Lipinski definition) is 1. The van der Waals surface area contributed by atoms with Gasteiger partial charge in [0.15, 0.2) is 0 Å². The summed E-state index contributed by atoms with van der Waals surface area (Å²) >= 11 is 0. The highest BCUT2D eigenvalue weighted by Gasteiger charge is 2.30. The van der Waals surface area contributed by atoms with E-state index < -0.39 is 11.7 Å². The standard InChI is InChI=1S/C8H8F3NO.ClH/c9-8(10,11)7-3-1-2-6(4-7)5-13-12;/h1-4H,5,12H2;1H. The molecular formula is C8H9ClF3NO. The maximum atomic E-state index is 12.1. The summed E-state index contributed by atoms with van der Waals surface area (Å²) in [5.74, 6) is 4.74. The normalized spacial score (nSPS) is 10.9. The van der Waals surface area contributed by atoms with Crippen LogP contribution in [0.3, 0.4) is 0 Å². The van der Waals surface area contributed by atoms with Crippen LogP contribution in [0.25, 0.3) is 0 Å². The van der Waals surface area contributed by atoms with E-state index in [9.17, 15) is 13.2 Å². The summed E-state index contributed by atoms with van der Waals surface area (Å²) < 4.78 is 36.4. The van der Waals surface area contributed by atoms with Crippen molar-refractivity contribution in [3.63, 3.8) is 0 Å². The lowest BCUT2D eigenvalue weighted by atomic mass is 10.1. The molecule has 14 heavy (non-hydrogen) atoms. The topological polar surface area (TPSA) is 35.2 Å². The Kier molecular flexibility index (Phi) is 4.90. The Labute approximate surface area is 85.2 Å². The number of hydrogen-bond acceptors (Lipinski definition) is 2. The summed E-state index contributed by atoms with van der Waals surface area (Å²) in [4.78, 5) is 4.23. The first-order valence-electron chi connectivity index (χ1n) is 3.52. The van der Waals surface area contributed by atoms with Crippen LogP contribution in [-0.2, 0) is 17.6 Å². The molecule has 1 aromatic carbocycles. The molecule has 0 aromatic heterocycles. The third-order valence-electron chi connectivity index (χ3n) is 1.50. The molecule has 1 rings (SSSR count). The molecule has 0 fully saturated rings. The molecule has 0 amide bonds. The smallest absolute Gasteiger partial charge is 0.300 e. The van der Waals surface area contributed by atoms with E-state index in [1.807, 2.05) is 0 Å². The van der Waals surface area contributed by atoms with Crippen LogP contribution in [0.2, 0.25) is 0 Å². The second-order valence-corrected chi connectivity index (χ2v) is 2.51. The molecule has 0 spiro atoms. The maximum Gasteiger partial charge on any atom is 0.416 e. The van der Waals surface area contributed by atoms with Gasteiger partial charge in [-0.05, 0) is 17.7 Å². The zero-order valence-electron chi connectivity index (χ0n) is 7.04. The largest absolute Gasteiger partial charge is 0.416 e. The predicted molar refractivity (Wildman–Crippen MR) is 47.7 cm³/mol. The zero-order valence-corrected chi connectivity index (χ0v) is 7.86. The van der Waals surface area contributed by atoms with E-state index >= 15 is 0 Å². The van der Waals surface area contributed by atoms with Crippen LogP contribution in [0.1, 0.15) is 11.1 Å². The van der Waals surface area contributed by atoms with Gasteiger partial charge in [0.05, 0.1) is 12.2 Å². The molecule has 0 aliphatic heterocycles. The molecule has 0 saturated carbocycles. The molecule has 0 aliphatic carbocycles. The molecule has 1 aromatic rings. The zero-order chi connectivity index (χ0) is 9.90. The lowest BCUT2D eigenvalue weighted by molar-refractivity contribution is -0.137. The Balaban J connectivity index is 0.00000169. The lowest BCUT2D eigenvalue weighted by Crippen LogP contribution is -2.06. The first-order chi connectivity index (χ1) is 6.04. The van der Waals surface area contributed by atoms with Crippen molar-refractivity contribution in [2.45, 2.75) is 12.8 Å². The average molecular weight is 228 g/mol. The molecule has 6 heteroatoms. The number of nitrogens with two attached hydrogens (primary N) is 1. The van der Waals surface area contributed by atoms with E-state index in [1.54, 1.807) is 0 Å². The van der Waals surface area contributed by atoms with E-state index in [0.29, 0.717) is 5.56 Å². The molecule has 2 nitrogen and oxygen atoms in total. The fourth-order valence-electron chi connectivity index (χ4n) is 0.934. The van der Waals surface area contributed by atoms with Gasteiger partial charge in [0.2, 0.25) is 0 Å². The molecular weight excluding hydrogens is 219 g/mol. The van der Waals surface area contributed by atoms with Crippen molar-refractivity contribution in [2.75, 3.05) is 0 Å². The minimum atomic E-state index is -4.31. The van der Waals surface area contributed by atoms with E-state index in [0.717, 1.165) is 12.1 Å². The Morgan fingerprint density at radius 1 is 1.29 bits per heavy atom. The second kappa shape index (κ2) is 5.19. The molecule has 0 radical (unpaired) electrons. The van der Waals surface area contributed by atoms with E-state index in [4.69, 9.17) is 5.90 Å². The average Bonchev–Trinajstić information content (AvgIpc) is 2.04. The summed E-state index contributed by atoms with van der Waals surface area (Å²) in [6.07, 6.45) is -4.31. The molecule has 0 unspecified atom stereocenters. The van der Waals surface area contributed by atoms with Crippen molar-refractivity contribution in [1.82, 2.24) is 0 Å². The maximum absolute atomic E-state index is 12.1. The van der Waals surface area contributed by atoms with Crippen molar-refractivity contribution in [3.8, 4) is 0 Å². The first kappa shape index (κ1) is 13.2. The highest BCUT2D eigenvalue weighted by Crippen LogP contribution is 2.29. The van der Waals surface area contributed by atoms with Gasteiger partial charge in [-0.2, -0.15) is 13.2 Å². The first-order valence-corrected chi connectivity index (χ1v) is 3.52. The Bertz CT molecular complexity index is 290.